The van der Waals surface area contributed by atoms with Gasteiger partial charge in [0.15, 0.2) is 5.66 Å². The first-order chi connectivity index (χ1) is 8.65. The number of hydrogen-bond donors (Lipinski definition) is 3. The summed E-state index contributed by atoms with van der Waals surface area (Å²) in [6, 6.07) is 0. The fraction of sp³-hybridized carbons (Fsp3) is 0.600. The van der Waals surface area contributed by atoms with Gasteiger partial charge >= 0.3 is 0 Å². The quantitative estimate of drug-likeness (QED) is 0.528. The average Bonchev–Trinajstić information content (AvgIpc) is 2.96. The van der Waals surface area contributed by atoms with Gasteiger partial charge in [-0.25, -0.2) is 9.98 Å². The first kappa shape index (κ1) is 11.6. The standard InChI is InChI=1S/C10H13N5O3/c11-10(9-7(17)1-5(3-16)18-9)8-6(2-14-15-8)12-4-13-10/h2,4-5,7,9,16-17H,1,3,11H2/t5-,7+,9+,10?/m0/s1. The Morgan fingerprint density at radius 1 is 1.56 bits per heavy atom. The summed E-state index contributed by atoms with van der Waals surface area (Å²) in [6.45, 7) is -0.169. The zero-order valence-corrected chi connectivity index (χ0v) is 9.47. The molecule has 1 fully saturated rings. The van der Waals surface area contributed by atoms with E-state index in [4.69, 9.17) is 15.6 Å². The number of hydrogen-bond acceptors (Lipinski definition) is 8. The Labute approximate surface area is 103 Å². The minimum Gasteiger partial charge on any atom is -0.394 e. The number of aliphatic imine (C=N–C) groups is 2. The van der Waals surface area contributed by atoms with Crippen LogP contribution in [0, 0.1) is 0 Å². The lowest BCUT2D eigenvalue weighted by atomic mass is 9.91. The Bertz CT molecular complexity index is 486. The van der Waals surface area contributed by atoms with E-state index in [9.17, 15) is 5.11 Å². The summed E-state index contributed by atoms with van der Waals surface area (Å²) in [5.74, 6) is 0. The topological polar surface area (TPSA) is 125 Å². The van der Waals surface area contributed by atoms with Crippen LogP contribution in [0.1, 0.15) is 6.42 Å². The van der Waals surface area contributed by atoms with Gasteiger partial charge in [-0.15, -0.1) is 5.10 Å². The van der Waals surface area contributed by atoms with Crippen LogP contribution in [0.2, 0.25) is 0 Å². The van der Waals surface area contributed by atoms with Crippen molar-refractivity contribution in [3.63, 3.8) is 0 Å². The normalized spacial score (nSPS) is 41.8. The third kappa shape index (κ3) is 1.54. The van der Waals surface area contributed by atoms with Crippen LogP contribution in [0.4, 0.5) is 0 Å². The summed E-state index contributed by atoms with van der Waals surface area (Å²) in [5, 5.41) is 26.7. The number of nitrogens with zero attached hydrogens (tertiary/aromatic N) is 4. The van der Waals surface area contributed by atoms with Gasteiger partial charge in [-0.1, -0.05) is 0 Å². The van der Waals surface area contributed by atoms with Crippen LogP contribution < -0.4 is 5.73 Å². The molecule has 8 heteroatoms. The minimum absolute atomic E-state index is 0.169. The molecule has 0 aromatic rings. The van der Waals surface area contributed by atoms with Crippen LogP contribution >= 0.6 is 0 Å². The van der Waals surface area contributed by atoms with E-state index in [0.29, 0.717) is 17.8 Å². The van der Waals surface area contributed by atoms with Crippen molar-refractivity contribution in [3.05, 3.63) is 0 Å². The molecule has 0 spiro atoms. The van der Waals surface area contributed by atoms with E-state index >= 15 is 0 Å². The van der Waals surface area contributed by atoms with Crippen molar-refractivity contribution >= 4 is 24.0 Å². The summed E-state index contributed by atoms with van der Waals surface area (Å²) in [7, 11) is 0. The molecule has 0 bridgehead atoms. The molecule has 0 radical (unpaired) electrons. The van der Waals surface area contributed by atoms with E-state index in [1.54, 1.807) is 0 Å². The van der Waals surface area contributed by atoms with Crippen molar-refractivity contribution in [1.82, 2.24) is 0 Å². The Morgan fingerprint density at radius 3 is 3.11 bits per heavy atom. The highest BCUT2D eigenvalue weighted by atomic mass is 16.5. The van der Waals surface area contributed by atoms with Gasteiger partial charge in [0.1, 0.15) is 23.9 Å². The van der Waals surface area contributed by atoms with E-state index < -0.39 is 24.0 Å². The van der Waals surface area contributed by atoms with Gasteiger partial charge in [0.25, 0.3) is 0 Å². The fourth-order valence-electron chi connectivity index (χ4n) is 2.35. The Kier molecular flexibility index (Phi) is 2.59. The molecule has 1 unspecified atom stereocenters. The molecule has 18 heavy (non-hydrogen) atoms. The molecular weight excluding hydrogens is 238 g/mol. The smallest absolute Gasteiger partial charge is 0.185 e. The molecule has 8 nitrogen and oxygen atoms in total. The van der Waals surface area contributed by atoms with Gasteiger partial charge in [0.05, 0.1) is 25.0 Å². The number of aliphatic hydroxyl groups excluding tert-OH is 2. The van der Waals surface area contributed by atoms with Gasteiger partial charge in [-0.2, -0.15) is 5.10 Å². The van der Waals surface area contributed by atoms with E-state index in [1.807, 2.05) is 0 Å². The molecule has 0 saturated carbocycles. The van der Waals surface area contributed by atoms with Crippen LogP contribution in [0.5, 0.6) is 0 Å². The lowest BCUT2D eigenvalue weighted by Crippen LogP contribution is -2.61. The molecule has 0 amide bonds. The highest BCUT2D eigenvalue weighted by Crippen LogP contribution is 2.31. The first-order valence-corrected chi connectivity index (χ1v) is 5.62. The molecule has 3 rings (SSSR count). The molecule has 3 aliphatic rings. The summed E-state index contributed by atoms with van der Waals surface area (Å²) in [4.78, 5) is 8.09. The van der Waals surface area contributed by atoms with Crippen molar-refractivity contribution in [3.8, 4) is 0 Å². The SMILES string of the molecule is NC1([C@@H]2O[C@H](CO)C[C@H]2O)N=CN=C2C=NN=C21. The maximum atomic E-state index is 10.0. The van der Waals surface area contributed by atoms with Crippen LogP contribution in [0.25, 0.3) is 0 Å². The fourth-order valence-corrected chi connectivity index (χ4v) is 2.35. The summed E-state index contributed by atoms with van der Waals surface area (Å²) in [5.41, 5.74) is 5.80. The van der Waals surface area contributed by atoms with E-state index in [-0.39, 0.29) is 6.61 Å². The monoisotopic (exact) mass is 251 g/mol. The molecule has 0 aromatic heterocycles. The molecule has 1 saturated heterocycles. The Balaban J connectivity index is 1.92. The van der Waals surface area contributed by atoms with Crippen molar-refractivity contribution in [1.29, 1.82) is 0 Å². The third-order valence-corrected chi connectivity index (χ3v) is 3.26. The van der Waals surface area contributed by atoms with Crippen molar-refractivity contribution in [2.45, 2.75) is 30.4 Å². The Morgan fingerprint density at radius 2 is 2.39 bits per heavy atom. The molecule has 0 aliphatic carbocycles. The molecular formula is C10H13N5O3. The maximum Gasteiger partial charge on any atom is 0.185 e. The van der Waals surface area contributed by atoms with Gasteiger partial charge in [0.2, 0.25) is 0 Å². The zero-order chi connectivity index (χ0) is 12.8. The highest BCUT2D eigenvalue weighted by Gasteiger charge is 2.52. The minimum atomic E-state index is -1.31. The van der Waals surface area contributed by atoms with E-state index in [2.05, 4.69) is 20.2 Å². The second kappa shape index (κ2) is 4.02. The Hall–Kier alpha value is -1.48. The second-order valence-electron chi connectivity index (χ2n) is 4.44. The number of nitrogens with two attached hydrogens (primary N) is 1. The van der Waals surface area contributed by atoms with Crippen LogP contribution in [-0.4, -0.2) is 64.8 Å². The number of aliphatic hydroxyl groups is 2. The maximum absolute atomic E-state index is 10.0. The summed E-state index contributed by atoms with van der Waals surface area (Å²) < 4.78 is 5.54. The highest BCUT2D eigenvalue weighted by molar-refractivity contribution is 6.67. The first-order valence-electron chi connectivity index (χ1n) is 5.62. The lowest BCUT2D eigenvalue weighted by Gasteiger charge is -2.33. The largest absolute Gasteiger partial charge is 0.394 e. The molecule has 4 N–H and O–H groups in total. The van der Waals surface area contributed by atoms with Gasteiger partial charge in [0, 0.05) is 6.42 Å². The van der Waals surface area contributed by atoms with Gasteiger partial charge in [-0.05, 0) is 0 Å². The second-order valence-corrected chi connectivity index (χ2v) is 4.44. The number of fused-ring (bicyclic) bond motifs is 1. The molecule has 4 atom stereocenters. The third-order valence-electron chi connectivity index (χ3n) is 3.26. The molecule has 96 valence electrons. The average molecular weight is 251 g/mol. The van der Waals surface area contributed by atoms with E-state index in [1.165, 1.54) is 12.6 Å². The molecule has 0 aromatic carbocycles. The predicted octanol–water partition coefficient (Wildman–Crippen LogP) is -1.92. The van der Waals surface area contributed by atoms with Crippen molar-refractivity contribution in [2.24, 2.45) is 25.9 Å². The summed E-state index contributed by atoms with van der Waals surface area (Å²) in [6.07, 6.45) is 1.09. The van der Waals surface area contributed by atoms with Crippen molar-refractivity contribution in [2.75, 3.05) is 6.61 Å². The zero-order valence-electron chi connectivity index (χ0n) is 9.47. The van der Waals surface area contributed by atoms with Crippen LogP contribution in [0.15, 0.2) is 20.2 Å². The molecule has 3 heterocycles. The van der Waals surface area contributed by atoms with Gasteiger partial charge in [-0.3, -0.25) is 5.73 Å². The van der Waals surface area contributed by atoms with Crippen LogP contribution in [-0.2, 0) is 4.74 Å². The van der Waals surface area contributed by atoms with Crippen LogP contribution in [0.3, 0.4) is 0 Å². The van der Waals surface area contributed by atoms with Crippen molar-refractivity contribution < 1.29 is 14.9 Å². The molecule has 3 aliphatic heterocycles. The summed E-state index contributed by atoms with van der Waals surface area (Å²) >= 11 is 0. The predicted molar refractivity (Wildman–Crippen MR) is 65.1 cm³/mol. The lowest BCUT2D eigenvalue weighted by molar-refractivity contribution is -0.0316. The van der Waals surface area contributed by atoms with E-state index in [0.717, 1.165) is 0 Å². The number of rotatable bonds is 2. The van der Waals surface area contributed by atoms with Gasteiger partial charge < -0.3 is 14.9 Å². The number of ether oxygens (including phenoxy) is 1.